The quantitative estimate of drug-likeness (QED) is 0.355. The number of hydrogen-bond donors (Lipinski definition) is 0. The van der Waals surface area contributed by atoms with Gasteiger partial charge >= 0.3 is 5.97 Å². The van der Waals surface area contributed by atoms with Crippen molar-refractivity contribution in [3.8, 4) is 0 Å². The summed E-state index contributed by atoms with van der Waals surface area (Å²) in [5.41, 5.74) is 4.75. The van der Waals surface area contributed by atoms with Crippen LogP contribution in [0.5, 0.6) is 0 Å². The number of methoxy groups -OCH3 is 1. The molecule has 0 aliphatic carbocycles. The van der Waals surface area contributed by atoms with Crippen molar-refractivity contribution >= 4 is 22.7 Å². The molecule has 2 aromatic carbocycles. The van der Waals surface area contributed by atoms with Gasteiger partial charge in [-0.3, -0.25) is 4.90 Å². The molecule has 1 fully saturated rings. The van der Waals surface area contributed by atoms with Gasteiger partial charge in [-0.2, -0.15) is 0 Å². The molecule has 0 spiro atoms. The second kappa shape index (κ2) is 10.1. The Morgan fingerprint density at radius 1 is 1.00 bits per heavy atom. The fourth-order valence-electron chi connectivity index (χ4n) is 5.25. The Morgan fingerprint density at radius 2 is 1.75 bits per heavy atom. The predicted molar refractivity (Wildman–Crippen MR) is 140 cm³/mol. The van der Waals surface area contributed by atoms with Crippen LogP contribution in [0.1, 0.15) is 35.3 Å². The topological polar surface area (TPSA) is 50.6 Å². The van der Waals surface area contributed by atoms with Gasteiger partial charge in [-0.15, -0.1) is 0 Å². The molecule has 7 heteroatoms. The Kier molecular flexibility index (Phi) is 6.74. The number of ether oxygens (including phenoxy) is 1. The average molecular weight is 487 g/mol. The number of esters is 1. The zero-order chi connectivity index (χ0) is 25.2. The van der Waals surface area contributed by atoms with E-state index in [1.54, 1.807) is 24.3 Å². The Morgan fingerprint density at radius 3 is 2.44 bits per heavy atom. The summed E-state index contributed by atoms with van der Waals surface area (Å²) >= 11 is 0. The van der Waals surface area contributed by atoms with Crippen LogP contribution in [0.4, 0.5) is 10.1 Å². The number of nitrogens with zero attached hydrogens (tertiary/aromatic N) is 4. The van der Waals surface area contributed by atoms with E-state index in [-0.39, 0.29) is 11.8 Å². The Bertz CT molecular complexity index is 1360. The van der Waals surface area contributed by atoms with Crippen molar-refractivity contribution in [2.45, 2.75) is 39.0 Å². The number of carbonyl (C=O) groups is 1. The van der Waals surface area contributed by atoms with Crippen LogP contribution >= 0.6 is 0 Å². The summed E-state index contributed by atoms with van der Waals surface area (Å²) in [4.78, 5) is 21.3. The molecule has 0 unspecified atom stereocenters. The minimum atomic E-state index is -0.334. The van der Waals surface area contributed by atoms with Crippen LogP contribution in [-0.4, -0.2) is 52.7 Å². The molecule has 0 radical (unpaired) electrons. The number of halogens is 1. The lowest BCUT2D eigenvalue weighted by Crippen LogP contribution is -2.56. The van der Waals surface area contributed by atoms with Crippen molar-refractivity contribution in [2.75, 3.05) is 25.1 Å². The zero-order valence-corrected chi connectivity index (χ0v) is 20.9. The molecule has 1 saturated heterocycles. The smallest absolute Gasteiger partial charge is 0.337 e. The van der Waals surface area contributed by atoms with Crippen LogP contribution in [0.15, 0.2) is 73.1 Å². The third kappa shape index (κ3) is 4.84. The monoisotopic (exact) mass is 486 g/mol. The highest BCUT2D eigenvalue weighted by molar-refractivity contribution is 5.90. The first-order valence-electron chi connectivity index (χ1n) is 12.3. The normalized spacial score (nSPS) is 18.5. The molecule has 1 aliphatic rings. The van der Waals surface area contributed by atoms with Crippen LogP contribution in [0, 0.1) is 5.82 Å². The van der Waals surface area contributed by atoms with Gasteiger partial charge in [0.2, 0.25) is 0 Å². The number of fused-ring (bicyclic) bond motifs is 1. The van der Waals surface area contributed by atoms with E-state index in [9.17, 15) is 9.18 Å². The molecule has 0 bridgehead atoms. The maximum atomic E-state index is 13.7. The largest absolute Gasteiger partial charge is 0.465 e. The Hall–Kier alpha value is -3.71. The van der Waals surface area contributed by atoms with Gasteiger partial charge in [-0.1, -0.05) is 24.3 Å². The van der Waals surface area contributed by atoms with Crippen LogP contribution in [-0.2, 0) is 17.8 Å². The molecule has 0 saturated carbocycles. The summed E-state index contributed by atoms with van der Waals surface area (Å²) in [6.45, 7) is 7.66. The lowest BCUT2D eigenvalue weighted by Gasteiger charge is -2.45. The molecule has 4 aromatic rings. The van der Waals surface area contributed by atoms with E-state index in [0.29, 0.717) is 24.2 Å². The molecule has 3 heterocycles. The van der Waals surface area contributed by atoms with Crippen molar-refractivity contribution in [3.05, 3.63) is 95.6 Å². The van der Waals surface area contributed by atoms with Gasteiger partial charge in [-0.25, -0.2) is 14.2 Å². The number of carbonyl (C=O) groups excluding carboxylic acids is 1. The fourth-order valence-corrected chi connectivity index (χ4v) is 5.25. The van der Waals surface area contributed by atoms with Crippen molar-refractivity contribution in [3.63, 3.8) is 0 Å². The summed E-state index contributed by atoms with van der Waals surface area (Å²) in [5, 5.41) is 1.13. The van der Waals surface area contributed by atoms with Crippen molar-refractivity contribution in [1.29, 1.82) is 0 Å². The number of hydrogen-bond acceptors (Lipinski definition) is 5. The van der Waals surface area contributed by atoms with Crippen molar-refractivity contribution < 1.29 is 13.9 Å². The summed E-state index contributed by atoms with van der Waals surface area (Å²) in [6, 6.07) is 19.2. The van der Waals surface area contributed by atoms with Crippen LogP contribution in [0.25, 0.3) is 11.0 Å². The van der Waals surface area contributed by atoms with Gasteiger partial charge in [0.1, 0.15) is 11.5 Å². The molecule has 0 N–H and O–H groups in total. The van der Waals surface area contributed by atoms with E-state index in [2.05, 4.69) is 51.5 Å². The Labute approximate surface area is 210 Å². The highest BCUT2D eigenvalue weighted by Crippen LogP contribution is 2.30. The summed E-state index contributed by atoms with van der Waals surface area (Å²) in [7, 11) is 1.39. The van der Waals surface area contributed by atoms with Gasteiger partial charge in [-0.05, 0) is 61.4 Å². The number of piperazine rings is 1. The summed E-state index contributed by atoms with van der Waals surface area (Å²) < 4.78 is 20.6. The molecular formula is C29H31FN4O2. The minimum absolute atomic E-state index is 0.186. The van der Waals surface area contributed by atoms with Gasteiger partial charge in [0.05, 0.1) is 12.7 Å². The molecular weight excluding hydrogens is 455 g/mol. The number of rotatable bonds is 6. The summed E-state index contributed by atoms with van der Waals surface area (Å²) in [6.07, 6.45) is 3.95. The number of aromatic nitrogens is 2. The highest BCUT2D eigenvalue weighted by Gasteiger charge is 2.30. The predicted octanol–water partition coefficient (Wildman–Crippen LogP) is 5.11. The maximum Gasteiger partial charge on any atom is 0.337 e. The average Bonchev–Trinajstić information content (AvgIpc) is 3.29. The molecule has 0 amide bonds. The second-order valence-corrected chi connectivity index (χ2v) is 9.60. The number of pyridine rings is 1. The van der Waals surface area contributed by atoms with Gasteiger partial charge in [0.25, 0.3) is 0 Å². The molecule has 186 valence electrons. The molecule has 36 heavy (non-hydrogen) atoms. The molecule has 6 nitrogen and oxygen atoms in total. The van der Waals surface area contributed by atoms with E-state index >= 15 is 0 Å². The molecule has 1 aliphatic heterocycles. The molecule has 2 aromatic heterocycles. The van der Waals surface area contributed by atoms with Gasteiger partial charge in [0, 0.05) is 61.7 Å². The van der Waals surface area contributed by atoms with Crippen molar-refractivity contribution in [2.24, 2.45) is 0 Å². The Balaban J connectivity index is 1.34. The number of benzene rings is 2. The standard InChI is InChI=1S/C29H31FN4O2/c1-20-16-33(17-21(2)34(20)19-23-5-4-6-25(30)15-23)27-11-13-31-28-26(27)12-14-32(28)18-22-7-9-24(10-8-22)29(35)36-3/h4-15,20-21H,16-19H2,1-3H3/t20-,21+. The third-order valence-electron chi connectivity index (χ3n) is 7.06. The third-order valence-corrected chi connectivity index (χ3v) is 7.06. The first-order chi connectivity index (χ1) is 17.4. The lowest BCUT2D eigenvalue weighted by molar-refractivity contribution is 0.0600. The van der Waals surface area contributed by atoms with Crippen LogP contribution in [0.2, 0.25) is 0 Å². The zero-order valence-electron chi connectivity index (χ0n) is 20.9. The molecule has 2 atom stereocenters. The highest BCUT2D eigenvalue weighted by atomic mass is 19.1. The van der Waals surface area contributed by atoms with Gasteiger partial charge < -0.3 is 14.2 Å². The van der Waals surface area contributed by atoms with Crippen LogP contribution < -0.4 is 4.90 Å². The van der Waals surface area contributed by atoms with E-state index in [1.165, 1.54) is 18.9 Å². The first-order valence-corrected chi connectivity index (χ1v) is 12.3. The number of anilines is 1. The minimum Gasteiger partial charge on any atom is -0.465 e. The second-order valence-electron chi connectivity index (χ2n) is 9.60. The van der Waals surface area contributed by atoms with E-state index < -0.39 is 0 Å². The summed E-state index contributed by atoms with van der Waals surface area (Å²) in [5.74, 6) is -0.520. The van der Waals surface area contributed by atoms with E-state index in [1.807, 2.05) is 24.4 Å². The molecule has 5 rings (SSSR count). The SMILES string of the molecule is COC(=O)c1ccc(Cn2ccc3c(N4C[C@@H](C)N(Cc5cccc(F)c5)[C@@H](C)C4)ccnc32)cc1. The van der Waals surface area contributed by atoms with Crippen LogP contribution in [0.3, 0.4) is 0 Å². The maximum absolute atomic E-state index is 13.7. The fraction of sp³-hybridized carbons (Fsp3) is 0.310. The van der Waals surface area contributed by atoms with Gasteiger partial charge in [0.15, 0.2) is 0 Å². The first kappa shape index (κ1) is 24.0. The lowest BCUT2D eigenvalue weighted by atomic mass is 10.0. The van der Waals surface area contributed by atoms with E-state index in [4.69, 9.17) is 4.74 Å². The van der Waals surface area contributed by atoms with E-state index in [0.717, 1.165) is 41.8 Å². The van der Waals surface area contributed by atoms with Crippen molar-refractivity contribution in [1.82, 2.24) is 14.5 Å².